The highest BCUT2D eigenvalue weighted by atomic mass is 15.1. The first-order valence-corrected chi connectivity index (χ1v) is 3.25. The molecule has 0 aliphatic carbocycles. The van der Waals surface area contributed by atoms with Crippen LogP contribution in [0.15, 0.2) is 18.3 Å². The predicted octanol–water partition coefficient (Wildman–Crippen LogP) is 1.82. The summed E-state index contributed by atoms with van der Waals surface area (Å²) < 4.78 is 0. The second kappa shape index (κ2) is 3.11. The third-order valence-corrected chi connectivity index (χ3v) is 1.16. The molecular formula is C8H10N2. The molecule has 0 aromatic carbocycles. The minimum atomic E-state index is 0.954. The number of hydrogen-bond acceptors (Lipinski definition) is 2. The topological polar surface area (TPSA) is 25.8 Å². The number of nitrogens with zero attached hydrogens (tertiary/aromatic N) is 2. The molecule has 0 unspecified atom stereocenters. The minimum Gasteiger partial charge on any atom is -0.158 e. The average Bonchev–Trinajstić information content (AvgIpc) is 1.88. The number of rotatable bonds is 1. The van der Waals surface area contributed by atoms with Gasteiger partial charge >= 0.3 is 0 Å². The maximum atomic E-state index is 3.84. The molecule has 0 aliphatic heterocycles. The van der Waals surface area contributed by atoms with E-state index in [0.717, 1.165) is 11.3 Å². The molecule has 0 aliphatic rings. The first-order valence-electron chi connectivity index (χ1n) is 3.25. The number of aromatic nitrogens is 2. The van der Waals surface area contributed by atoms with E-state index < -0.39 is 0 Å². The van der Waals surface area contributed by atoms with E-state index in [2.05, 4.69) is 10.2 Å². The van der Waals surface area contributed by atoms with Gasteiger partial charge < -0.3 is 0 Å². The van der Waals surface area contributed by atoms with E-state index in [1.165, 1.54) is 0 Å². The van der Waals surface area contributed by atoms with Crippen molar-refractivity contribution in [3.8, 4) is 0 Å². The van der Waals surface area contributed by atoms with Crippen molar-refractivity contribution in [2.24, 2.45) is 0 Å². The van der Waals surface area contributed by atoms with E-state index in [4.69, 9.17) is 0 Å². The molecule has 0 atom stereocenters. The maximum absolute atomic E-state index is 3.84. The van der Waals surface area contributed by atoms with E-state index in [0.29, 0.717) is 0 Å². The maximum Gasteiger partial charge on any atom is 0.0606 e. The largest absolute Gasteiger partial charge is 0.158 e. The van der Waals surface area contributed by atoms with Gasteiger partial charge in [0.2, 0.25) is 0 Å². The van der Waals surface area contributed by atoms with Crippen LogP contribution >= 0.6 is 0 Å². The Morgan fingerprint density at radius 3 is 2.90 bits per heavy atom. The summed E-state index contributed by atoms with van der Waals surface area (Å²) in [6.45, 7) is 3.91. The van der Waals surface area contributed by atoms with Gasteiger partial charge in [-0.15, -0.1) is 0 Å². The zero-order valence-corrected chi connectivity index (χ0v) is 6.20. The van der Waals surface area contributed by atoms with Gasteiger partial charge in [0.15, 0.2) is 0 Å². The Bertz CT molecular complexity index is 241. The first kappa shape index (κ1) is 6.93. The second-order valence-electron chi connectivity index (χ2n) is 2.13. The summed E-state index contributed by atoms with van der Waals surface area (Å²) in [5, 5.41) is 7.64. The SMILES string of the molecule is C/C=C/c1cnnc(C)c1. The highest BCUT2D eigenvalue weighted by Crippen LogP contribution is 1.99. The zero-order valence-electron chi connectivity index (χ0n) is 6.20. The van der Waals surface area contributed by atoms with Crippen LogP contribution in [0.1, 0.15) is 18.2 Å². The van der Waals surface area contributed by atoms with Crippen LogP contribution in [0.3, 0.4) is 0 Å². The van der Waals surface area contributed by atoms with E-state index in [9.17, 15) is 0 Å². The molecule has 1 aromatic heterocycles. The molecule has 0 spiro atoms. The summed E-state index contributed by atoms with van der Waals surface area (Å²) in [6.07, 6.45) is 5.73. The molecule has 2 nitrogen and oxygen atoms in total. The van der Waals surface area contributed by atoms with Crippen molar-refractivity contribution < 1.29 is 0 Å². The normalized spacial score (nSPS) is 10.6. The smallest absolute Gasteiger partial charge is 0.0606 e. The Balaban J connectivity index is 2.95. The molecule has 1 aromatic rings. The minimum absolute atomic E-state index is 0.954. The van der Waals surface area contributed by atoms with Crippen molar-refractivity contribution in [1.82, 2.24) is 10.2 Å². The molecule has 0 N–H and O–H groups in total. The first-order chi connectivity index (χ1) is 4.83. The lowest BCUT2D eigenvalue weighted by Crippen LogP contribution is -1.85. The van der Waals surface area contributed by atoms with E-state index in [-0.39, 0.29) is 0 Å². The standard InChI is InChI=1S/C8H10N2/c1-3-4-8-5-7(2)10-9-6-8/h3-6H,1-2H3/b4-3+. The quantitative estimate of drug-likeness (QED) is 0.585. The Morgan fingerprint density at radius 2 is 2.30 bits per heavy atom. The average molecular weight is 134 g/mol. The molecule has 0 fully saturated rings. The van der Waals surface area contributed by atoms with Crippen molar-refractivity contribution in [2.75, 3.05) is 0 Å². The molecule has 0 amide bonds. The summed E-state index contributed by atoms with van der Waals surface area (Å²) in [5.41, 5.74) is 2.06. The third kappa shape index (κ3) is 1.65. The molecule has 10 heavy (non-hydrogen) atoms. The van der Waals surface area contributed by atoms with E-state index in [1.54, 1.807) is 6.20 Å². The number of allylic oxidation sites excluding steroid dienone is 1. The summed E-state index contributed by atoms with van der Waals surface area (Å²) in [5.74, 6) is 0. The Kier molecular flexibility index (Phi) is 2.15. The number of hydrogen-bond donors (Lipinski definition) is 0. The van der Waals surface area contributed by atoms with Crippen molar-refractivity contribution >= 4 is 6.08 Å². The summed E-state index contributed by atoms with van der Waals surface area (Å²) in [4.78, 5) is 0. The predicted molar refractivity (Wildman–Crippen MR) is 41.5 cm³/mol. The van der Waals surface area contributed by atoms with Crippen molar-refractivity contribution in [3.63, 3.8) is 0 Å². The van der Waals surface area contributed by atoms with Crippen LogP contribution in [0.5, 0.6) is 0 Å². The molecular weight excluding hydrogens is 124 g/mol. The van der Waals surface area contributed by atoms with Gasteiger partial charge in [-0.2, -0.15) is 10.2 Å². The molecule has 0 radical (unpaired) electrons. The summed E-state index contributed by atoms with van der Waals surface area (Å²) in [6, 6.07) is 1.99. The fourth-order valence-corrected chi connectivity index (χ4v) is 0.778. The highest BCUT2D eigenvalue weighted by Gasteiger charge is 1.86. The van der Waals surface area contributed by atoms with Gasteiger partial charge in [0, 0.05) is 0 Å². The molecule has 2 heteroatoms. The van der Waals surface area contributed by atoms with E-state index >= 15 is 0 Å². The lowest BCUT2D eigenvalue weighted by molar-refractivity contribution is 0.977. The van der Waals surface area contributed by atoms with Crippen LogP contribution in [-0.2, 0) is 0 Å². The summed E-state index contributed by atoms with van der Waals surface area (Å²) >= 11 is 0. The zero-order chi connectivity index (χ0) is 7.40. The van der Waals surface area contributed by atoms with Crippen LogP contribution in [0, 0.1) is 6.92 Å². The van der Waals surface area contributed by atoms with Crippen molar-refractivity contribution in [2.45, 2.75) is 13.8 Å². The molecule has 52 valence electrons. The summed E-state index contributed by atoms with van der Waals surface area (Å²) in [7, 11) is 0. The molecule has 0 saturated heterocycles. The molecule has 1 rings (SSSR count). The molecule has 0 saturated carbocycles. The third-order valence-electron chi connectivity index (χ3n) is 1.16. The molecule has 1 heterocycles. The monoisotopic (exact) mass is 134 g/mol. The van der Waals surface area contributed by atoms with Gasteiger partial charge in [-0.1, -0.05) is 12.2 Å². The fraction of sp³-hybridized carbons (Fsp3) is 0.250. The Hall–Kier alpha value is -1.18. The van der Waals surface area contributed by atoms with Gasteiger partial charge in [-0.05, 0) is 25.5 Å². The van der Waals surface area contributed by atoms with Crippen LogP contribution < -0.4 is 0 Å². The van der Waals surface area contributed by atoms with Gasteiger partial charge in [-0.3, -0.25) is 0 Å². The van der Waals surface area contributed by atoms with Crippen LogP contribution in [0.25, 0.3) is 6.08 Å². The van der Waals surface area contributed by atoms with Crippen LogP contribution in [0.4, 0.5) is 0 Å². The Labute approximate surface area is 60.6 Å². The second-order valence-corrected chi connectivity index (χ2v) is 2.13. The van der Waals surface area contributed by atoms with Crippen LogP contribution in [0.2, 0.25) is 0 Å². The van der Waals surface area contributed by atoms with Crippen molar-refractivity contribution in [1.29, 1.82) is 0 Å². The van der Waals surface area contributed by atoms with Gasteiger partial charge in [0.1, 0.15) is 0 Å². The molecule has 0 bridgehead atoms. The lowest BCUT2D eigenvalue weighted by atomic mass is 10.2. The Morgan fingerprint density at radius 1 is 1.50 bits per heavy atom. The highest BCUT2D eigenvalue weighted by molar-refractivity contribution is 5.47. The van der Waals surface area contributed by atoms with Gasteiger partial charge in [0.05, 0.1) is 11.9 Å². The fourth-order valence-electron chi connectivity index (χ4n) is 0.778. The number of aryl methyl sites for hydroxylation is 1. The van der Waals surface area contributed by atoms with Crippen molar-refractivity contribution in [3.05, 3.63) is 29.6 Å². The van der Waals surface area contributed by atoms with Gasteiger partial charge in [-0.25, -0.2) is 0 Å². The van der Waals surface area contributed by atoms with Crippen LogP contribution in [-0.4, -0.2) is 10.2 Å². The van der Waals surface area contributed by atoms with Gasteiger partial charge in [0.25, 0.3) is 0 Å². The lowest BCUT2D eigenvalue weighted by Gasteiger charge is -1.91. The van der Waals surface area contributed by atoms with E-state index in [1.807, 2.05) is 32.1 Å².